The highest BCUT2D eigenvalue weighted by Crippen LogP contribution is 2.29. The van der Waals surface area contributed by atoms with Crippen molar-refractivity contribution < 1.29 is 9.13 Å². The number of ether oxygens (including phenoxy) is 1. The van der Waals surface area contributed by atoms with Gasteiger partial charge in [0.15, 0.2) is 0 Å². The van der Waals surface area contributed by atoms with Gasteiger partial charge in [-0.1, -0.05) is 31.7 Å². The van der Waals surface area contributed by atoms with E-state index in [9.17, 15) is 4.39 Å². The zero-order valence-corrected chi connectivity index (χ0v) is 11.9. The number of methoxy groups -OCH3 is 1. The lowest BCUT2D eigenvalue weighted by Gasteiger charge is -2.24. The smallest absolute Gasteiger partial charge is 0.131 e. The molecule has 2 nitrogen and oxygen atoms in total. The molecule has 0 amide bonds. The third-order valence-electron chi connectivity index (χ3n) is 4.01. The highest BCUT2D eigenvalue weighted by molar-refractivity contribution is 5.36. The molecule has 0 bridgehead atoms. The van der Waals surface area contributed by atoms with Crippen molar-refractivity contribution in [2.45, 2.75) is 57.5 Å². The summed E-state index contributed by atoms with van der Waals surface area (Å²) in [6.07, 6.45) is 7.60. The SMILES string of the molecule is COc1cccc(F)c1C(C)NC1CCCCCC1. The maximum absolute atomic E-state index is 14.0. The maximum atomic E-state index is 14.0. The second kappa shape index (κ2) is 6.90. The first-order valence-corrected chi connectivity index (χ1v) is 7.31. The molecular formula is C16H24FNO. The van der Waals surface area contributed by atoms with E-state index in [-0.39, 0.29) is 11.9 Å². The monoisotopic (exact) mass is 265 g/mol. The standard InChI is InChI=1S/C16H24FNO/c1-12(18-13-8-5-3-4-6-9-13)16-14(17)10-7-11-15(16)19-2/h7,10-13,18H,3-6,8-9H2,1-2H3. The second-order valence-electron chi connectivity index (χ2n) is 5.43. The van der Waals surface area contributed by atoms with Gasteiger partial charge in [0.05, 0.1) is 7.11 Å². The van der Waals surface area contributed by atoms with E-state index < -0.39 is 0 Å². The van der Waals surface area contributed by atoms with Crippen molar-refractivity contribution in [3.63, 3.8) is 0 Å². The number of hydrogen-bond donors (Lipinski definition) is 1. The van der Waals surface area contributed by atoms with Gasteiger partial charge in [0, 0.05) is 17.6 Å². The summed E-state index contributed by atoms with van der Waals surface area (Å²) in [4.78, 5) is 0. The first kappa shape index (κ1) is 14.3. The molecule has 1 aliphatic rings. The van der Waals surface area contributed by atoms with Crippen LogP contribution in [0.1, 0.15) is 57.1 Å². The van der Waals surface area contributed by atoms with E-state index in [1.54, 1.807) is 13.2 Å². The van der Waals surface area contributed by atoms with Gasteiger partial charge < -0.3 is 10.1 Å². The molecule has 1 unspecified atom stereocenters. The molecule has 106 valence electrons. The van der Waals surface area contributed by atoms with Crippen molar-refractivity contribution in [3.8, 4) is 5.75 Å². The van der Waals surface area contributed by atoms with Gasteiger partial charge in [0.25, 0.3) is 0 Å². The van der Waals surface area contributed by atoms with Crippen molar-refractivity contribution in [3.05, 3.63) is 29.6 Å². The highest BCUT2D eigenvalue weighted by Gasteiger charge is 2.20. The summed E-state index contributed by atoms with van der Waals surface area (Å²) in [6.45, 7) is 2.02. The Morgan fingerprint density at radius 2 is 1.89 bits per heavy atom. The molecule has 1 aliphatic carbocycles. The van der Waals surface area contributed by atoms with Crippen LogP contribution < -0.4 is 10.1 Å². The van der Waals surface area contributed by atoms with Crippen LogP contribution in [0.4, 0.5) is 4.39 Å². The Hall–Kier alpha value is -1.09. The largest absolute Gasteiger partial charge is 0.496 e. The molecule has 0 saturated heterocycles. The third kappa shape index (κ3) is 3.69. The number of halogens is 1. The van der Waals surface area contributed by atoms with E-state index in [0.717, 1.165) is 0 Å². The summed E-state index contributed by atoms with van der Waals surface area (Å²) in [5, 5.41) is 3.57. The van der Waals surface area contributed by atoms with Crippen molar-refractivity contribution in [2.24, 2.45) is 0 Å². The lowest BCUT2D eigenvalue weighted by Crippen LogP contribution is -2.31. The number of benzene rings is 1. The number of rotatable bonds is 4. The van der Waals surface area contributed by atoms with Crippen LogP contribution in [-0.2, 0) is 0 Å². The Balaban J connectivity index is 2.08. The summed E-state index contributed by atoms with van der Waals surface area (Å²) < 4.78 is 19.3. The Kier molecular flexibility index (Phi) is 5.20. The molecule has 1 saturated carbocycles. The lowest BCUT2D eigenvalue weighted by atomic mass is 10.0. The fraction of sp³-hybridized carbons (Fsp3) is 0.625. The van der Waals surface area contributed by atoms with Crippen LogP contribution in [0.5, 0.6) is 5.75 Å². The topological polar surface area (TPSA) is 21.3 Å². The quantitative estimate of drug-likeness (QED) is 0.823. The fourth-order valence-electron chi connectivity index (χ4n) is 3.00. The van der Waals surface area contributed by atoms with E-state index in [1.165, 1.54) is 44.6 Å². The summed E-state index contributed by atoms with van der Waals surface area (Å²) in [7, 11) is 1.59. The maximum Gasteiger partial charge on any atom is 0.131 e. The van der Waals surface area contributed by atoms with E-state index >= 15 is 0 Å². The summed E-state index contributed by atoms with van der Waals surface area (Å²) >= 11 is 0. The second-order valence-corrected chi connectivity index (χ2v) is 5.43. The van der Waals surface area contributed by atoms with Gasteiger partial charge in [0.2, 0.25) is 0 Å². The van der Waals surface area contributed by atoms with Crippen LogP contribution in [0.3, 0.4) is 0 Å². The molecule has 0 radical (unpaired) electrons. The minimum absolute atomic E-state index is 0.0146. The Labute approximate surface area is 115 Å². The summed E-state index contributed by atoms with van der Waals surface area (Å²) in [6, 6.07) is 5.50. The van der Waals surface area contributed by atoms with Gasteiger partial charge in [-0.25, -0.2) is 4.39 Å². The Morgan fingerprint density at radius 1 is 1.21 bits per heavy atom. The van der Waals surface area contributed by atoms with E-state index in [2.05, 4.69) is 5.32 Å². The van der Waals surface area contributed by atoms with Crippen molar-refractivity contribution in [2.75, 3.05) is 7.11 Å². The van der Waals surface area contributed by atoms with E-state index in [1.807, 2.05) is 13.0 Å². The molecule has 3 heteroatoms. The molecule has 0 heterocycles. The highest BCUT2D eigenvalue weighted by atomic mass is 19.1. The fourth-order valence-corrected chi connectivity index (χ4v) is 3.00. The number of nitrogens with one attached hydrogen (secondary N) is 1. The lowest BCUT2D eigenvalue weighted by molar-refractivity contribution is 0.372. The molecule has 19 heavy (non-hydrogen) atoms. The van der Waals surface area contributed by atoms with Crippen molar-refractivity contribution >= 4 is 0 Å². The third-order valence-corrected chi connectivity index (χ3v) is 4.01. The zero-order valence-electron chi connectivity index (χ0n) is 11.9. The van der Waals surface area contributed by atoms with Crippen LogP contribution in [0.25, 0.3) is 0 Å². The molecule has 0 aromatic heterocycles. The van der Waals surface area contributed by atoms with Crippen LogP contribution in [-0.4, -0.2) is 13.2 Å². The van der Waals surface area contributed by atoms with Crippen LogP contribution in [0.2, 0.25) is 0 Å². The molecule has 1 fully saturated rings. The predicted molar refractivity (Wildman–Crippen MR) is 76.0 cm³/mol. The first-order valence-electron chi connectivity index (χ1n) is 7.31. The first-order chi connectivity index (χ1) is 9.22. The van der Waals surface area contributed by atoms with Crippen molar-refractivity contribution in [1.29, 1.82) is 0 Å². The molecule has 1 N–H and O–H groups in total. The minimum Gasteiger partial charge on any atom is -0.496 e. The van der Waals surface area contributed by atoms with Gasteiger partial charge in [-0.3, -0.25) is 0 Å². The minimum atomic E-state index is -0.187. The summed E-state index contributed by atoms with van der Waals surface area (Å²) in [5.74, 6) is 0.446. The molecule has 1 atom stereocenters. The molecule has 1 aromatic carbocycles. The zero-order chi connectivity index (χ0) is 13.7. The molecule has 0 aliphatic heterocycles. The van der Waals surface area contributed by atoms with Gasteiger partial charge in [-0.05, 0) is 31.9 Å². The van der Waals surface area contributed by atoms with E-state index in [0.29, 0.717) is 17.4 Å². The number of hydrogen-bond acceptors (Lipinski definition) is 2. The van der Waals surface area contributed by atoms with Crippen LogP contribution >= 0.6 is 0 Å². The van der Waals surface area contributed by atoms with Gasteiger partial charge in [0.1, 0.15) is 11.6 Å². The predicted octanol–water partition coefficient (Wildman–Crippen LogP) is 4.21. The normalized spacial score (nSPS) is 18.9. The van der Waals surface area contributed by atoms with Gasteiger partial charge in [-0.2, -0.15) is 0 Å². The molecule has 2 rings (SSSR count). The molecule has 1 aromatic rings. The van der Waals surface area contributed by atoms with Crippen LogP contribution in [0.15, 0.2) is 18.2 Å². The average Bonchev–Trinajstić information content (AvgIpc) is 2.66. The van der Waals surface area contributed by atoms with E-state index in [4.69, 9.17) is 4.74 Å². The van der Waals surface area contributed by atoms with Crippen molar-refractivity contribution in [1.82, 2.24) is 5.32 Å². The Bertz CT molecular complexity index is 400. The van der Waals surface area contributed by atoms with Crippen LogP contribution in [0, 0.1) is 5.82 Å². The Morgan fingerprint density at radius 3 is 2.53 bits per heavy atom. The van der Waals surface area contributed by atoms with Gasteiger partial charge in [-0.15, -0.1) is 0 Å². The average molecular weight is 265 g/mol. The molecule has 0 spiro atoms. The summed E-state index contributed by atoms with van der Waals surface area (Å²) in [5.41, 5.74) is 0.647. The molecular weight excluding hydrogens is 241 g/mol. The van der Waals surface area contributed by atoms with Gasteiger partial charge >= 0.3 is 0 Å².